The van der Waals surface area contributed by atoms with Crippen molar-refractivity contribution in [2.45, 2.75) is 102 Å². The topological polar surface area (TPSA) is 213 Å². The predicted molar refractivity (Wildman–Crippen MR) is 210 cm³/mol. The van der Waals surface area contributed by atoms with E-state index in [2.05, 4.69) is 20.3 Å². The number of hydrogen-bond donors (Lipinski definition) is 5. The summed E-state index contributed by atoms with van der Waals surface area (Å²) in [4.78, 5) is 40.8. The van der Waals surface area contributed by atoms with Crippen molar-refractivity contribution >= 4 is 34.5 Å². The van der Waals surface area contributed by atoms with Gasteiger partial charge in [-0.25, -0.2) is 32.9 Å². The van der Waals surface area contributed by atoms with Gasteiger partial charge in [0.05, 0.1) is 30.5 Å². The zero-order valence-corrected chi connectivity index (χ0v) is 32.7. The number of imidazole rings is 1. The number of piperidine rings is 1. The molecule has 0 aliphatic carbocycles. The van der Waals surface area contributed by atoms with Gasteiger partial charge in [-0.05, 0) is 62.1 Å². The zero-order chi connectivity index (χ0) is 43.0. The first-order valence-corrected chi connectivity index (χ1v) is 19.5. The van der Waals surface area contributed by atoms with E-state index in [1.807, 2.05) is 15.5 Å². The summed E-state index contributed by atoms with van der Waals surface area (Å²) < 4.78 is 80.9. The van der Waals surface area contributed by atoms with Crippen molar-refractivity contribution < 1.29 is 45.8 Å². The number of nitrogens with one attached hydrogen (secondary N) is 1. The van der Waals surface area contributed by atoms with E-state index < -0.39 is 36.3 Å². The third kappa shape index (κ3) is 14.5. The maximum atomic E-state index is 14.9. The summed E-state index contributed by atoms with van der Waals surface area (Å²) in [5, 5.41) is 9.98. The number of carbonyl (C=O) groups is 2. The minimum Gasteiger partial charge on any atom is -0.481 e. The van der Waals surface area contributed by atoms with Crippen molar-refractivity contribution in [1.29, 1.82) is 0 Å². The number of carboxylic acid groups (broad SMARTS) is 1. The highest BCUT2D eigenvalue weighted by molar-refractivity contribution is 5.81. The lowest BCUT2D eigenvalue weighted by atomic mass is 9.86. The largest absolute Gasteiger partial charge is 0.490 e. The smallest absolute Gasteiger partial charge is 0.481 e. The number of anilines is 2. The number of nitrogen functional groups attached to an aromatic ring is 1. The van der Waals surface area contributed by atoms with E-state index in [9.17, 15) is 31.1 Å². The number of ether oxygens (including phenoxy) is 1. The number of nitrogens with zero attached hydrogens (tertiary/aromatic N) is 6. The number of alkyl halides is 5. The fourth-order valence-electron chi connectivity index (χ4n) is 6.80. The fourth-order valence-corrected chi connectivity index (χ4v) is 6.80. The number of nitrogens with two attached hydrogens (primary N) is 3. The van der Waals surface area contributed by atoms with Crippen molar-refractivity contribution in [1.82, 2.24) is 29.8 Å². The van der Waals surface area contributed by atoms with Gasteiger partial charge in [0.2, 0.25) is 6.43 Å². The lowest BCUT2D eigenvalue weighted by Gasteiger charge is -2.42. The van der Waals surface area contributed by atoms with Crippen molar-refractivity contribution in [3.05, 3.63) is 54.5 Å². The number of fused-ring (bicyclic) bond motifs is 1. The predicted octanol–water partition coefficient (Wildman–Crippen LogP) is 6.21. The molecule has 1 atom stereocenters. The molecule has 1 aromatic carbocycles. The molecule has 8 N–H and O–H groups in total. The Kier molecular flexibility index (Phi) is 17.5. The van der Waals surface area contributed by atoms with E-state index in [0.717, 1.165) is 43.5 Å². The van der Waals surface area contributed by atoms with Crippen LogP contribution in [0.5, 0.6) is 5.75 Å². The standard InChI is InChI=1S/C37H51F3N10O2.C2HF3O2/c38-28-12-11-26(18-31(28)52-22-33(51)44-15-9-7-5-3-1-2-4-6-8-14-41)29-17-27(21-50-25-48-34-35(42)46-24-47-36(34)50)30(20-45-29)49-16-10-13-37(43,23-49)19-32(39)40;3-2(4,5)1(6)7/h11-12,17-18,20,24-25,32H,1-10,13-16,19,21-23,41,43H2,(H,44,51)(H2,42,46,47);(H,6,7)/t37-;/m0./s1. The number of hydrogen-bond acceptors (Lipinski definition) is 11. The van der Waals surface area contributed by atoms with E-state index in [0.29, 0.717) is 54.9 Å². The number of carbonyl (C=O) groups excluding carboxylic acids is 1. The molecule has 14 nitrogen and oxygen atoms in total. The number of amides is 1. The number of aliphatic carboxylic acids is 1. The van der Waals surface area contributed by atoms with Gasteiger partial charge < -0.3 is 41.8 Å². The van der Waals surface area contributed by atoms with Crippen LogP contribution in [0.2, 0.25) is 0 Å². The zero-order valence-electron chi connectivity index (χ0n) is 32.7. The Balaban J connectivity index is 0.00000101. The number of carboxylic acids is 1. The lowest BCUT2D eigenvalue weighted by molar-refractivity contribution is -0.192. The van der Waals surface area contributed by atoms with E-state index in [-0.39, 0.29) is 30.6 Å². The normalized spacial score (nSPS) is 15.6. The first kappa shape index (κ1) is 46.4. The molecule has 4 heterocycles. The minimum atomic E-state index is -5.08. The van der Waals surface area contributed by atoms with Crippen LogP contribution >= 0.6 is 0 Å². The van der Waals surface area contributed by atoms with Gasteiger partial charge in [0.25, 0.3) is 5.91 Å². The Labute approximate surface area is 337 Å². The van der Waals surface area contributed by atoms with Gasteiger partial charge >= 0.3 is 12.1 Å². The van der Waals surface area contributed by atoms with Crippen LogP contribution in [-0.2, 0) is 16.1 Å². The minimum absolute atomic E-state index is 0.0738. The third-order valence-corrected chi connectivity index (χ3v) is 9.78. The summed E-state index contributed by atoms with van der Waals surface area (Å²) in [5.74, 6) is -3.51. The molecule has 0 bridgehead atoms. The van der Waals surface area contributed by atoms with Crippen LogP contribution in [0.15, 0.2) is 43.1 Å². The van der Waals surface area contributed by atoms with Crippen molar-refractivity contribution in [2.75, 3.05) is 43.4 Å². The summed E-state index contributed by atoms with van der Waals surface area (Å²) in [7, 11) is 0. The molecule has 20 heteroatoms. The Bertz CT molecular complexity index is 1970. The van der Waals surface area contributed by atoms with Gasteiger partial charge in [-0.3, -0.25) is 9.78 Å². The van der Waals surface area contributed by atoms with Crippen molar-refractivity contribution in [3.63, 3.8) is 0 Å². The number of pyridine rings is 1. The molecule has 1 amide bonds. The van der Waals surface area contributed by atoms with Crippen molar-refractivity contribution in [3.8, 4) is 17.0 Å². The molecule has 1 aliphatic heterocycles. The van der Waals surface area contributed by atoms with Crippen LogP contribution in [-0.4, -0.2) is 92.4 Å². The molecule has 3 aromatic heterocycles. The highest BCUT2D eigenvalue weighted by Gasteiger charge is 2.38. The van der Waals surface area contributed by atoms with Crippen LogP contribution in [0, 0.1) is 5.82 Å². The monoisotopic (exact) mass is 838 g/mol. The molecule has 0 radical (unpaired) electrons. The van der Waals surface area contributed by atoms with Crippen LogP contribution in [0.4, 0.5) is 37.8 Å². The van der Waals surface area contributed by atoms with E-state index in [4.69, 9.17) is 36.8 Å². The number of unbranched alkanes of at least 4 members (excludes halogenated alkanes) is 8. The summed E-state index contributed by atoms with van der Waals surface area (Å²) >= 11 is 0. The van der Waals surface area contributed by atoms with Gasteiger partial charge in [0.1, 0.15) is 11.8 Å². The van der Waals surface area contributed by atoms with Crippen LogP contribution < -0.4 is 32.2 Å². The van der Waals surface area contributed by atoms with E-state index >= 15 is 0 Å². The second-order valence-electron chi connectivity index (χ2n) is 14.5. The molecule has 1 fully saturated rings. The lowest BCUT2D eigenvalue weighted by Crippen LogP contribution is -2.55. The molecule has 0 saturated carbocycles. The molecule has 1 saturated heterocycles. The second kappa shape index (κ2) is 22.2. The van der Waals surface area contributed by atoms with Crippen molar-refractivity contribution in [2.24, 2.45) is 11.5 Å². The van der Waals surface area contributed by atoms with Gasteiger partial charge in [-0.1, -0.05) is 44.9 Å². The van der Waals surface area contributed by atoms with Gasteiger partial charge in [0.15, 0.2) is 29.6 Å². The summed E-state index contributed by atoms with van der Waals surface area (Å²) in [5.41, 5.74) is 20.6. The number of benzene rings is 1. The molecule has 4 aromatic rings. The van der Waals surface area contributed by atoms with Crippen LogP contribution in [0.3, 0.4) is 0 Å². The number of halogens is 6. The Hall–Kier alpha value is -5.24. The molecule has 0 spiro atoms. The Morgan fingerprint density at radius 2 is 1.66 bits per heavy atom. The molecule has 5 rings (SSSR count). The maximum Gasteiger partial charge on any atom is 0.490 e. The summed E-state index contributed by atoms with van der Waals surface area (Å²) in [6.45, 7) is 2.11. The average molecular weight is 839 g/mol. The maximum absolute atomic E-state index is 14.9. The van der Waals surface area contributed by atoms with E-state index in [1.165, 1.54) is 50.6 Å². The van der Waals surface area contributed by atoms with E-state index in [1.54, 1.807) is 18.6 Å². The Morgan fingerprint density at radius 3 is 2.32 bits per heavy atom. The van der Waals surface area contributed by atoms with Gasteiger partial charge in [-0.15, -0.1) is 0 Å². The molecular weight excluding hydrogens is 786 g/mol. The summed E-state index contributed by atoms with van der Waals surface area (Å²) in [6.07, 6.45) is 8.00. The first-order chi connectivity index (χ1) is 28.1. The number of aromatic nitrogens is 5. The van der Waals surface area contributed by atoms with Gasteiger partial charge in [-0.2, -0.15) is 13.2 Å². The summed E-state index contributed by atoms with van der Waals surface area (Å²) in [6, 6.07) is 6.23. The molecule has 1 aliphatic rings. The third-order valence-electron chi connectivity index (χ3n) is 9.78. The first-order valence-electron chi connectivity index (χ1n) is 19.5. The average Bonchev–Trinajstić information content (AvgIpc) is 3.59. The SMILES string of the molecule is NCCCCCCCCCCCNC(=O)COc1cc(-c2cc(Cn3cnc4c(N)ncnc43)c(N3CCC[C@](N)(CC(F)F)C3)cn2)ccc1F.O=C(O)C(F)(F)F. The Morgan fingerprint density at radius 1 is 0.983 bits per heavy atom. The highest BCUT2D eigenvalue weighted by atomic mass is 19.4. The molecule has 324 valence electrons. The number of rotatable bonds is 20. The quantitative estimate of drug-likeness (QED) is 0.0497. The van der Waals surface area contributed by atoms with Gasteiger partial charge in [0, 0.05) is 37.2 Å². The van der Waals surface area contributed by atoms with Crippen LogP contribution in [0.1, 0.15) is 82.6 Å². The molecular formula is C39H52F6N10O4. The molecule has 59 heavy (non-hydrogen) atoms. The molecule has 0 unspecified atom stereocenters. The highest BCUT2D eigenvalue weighted by Crippen LogP contribution is 2.34. The van der Waals surface area contributed by atoms with Crippen LogP contribution in [0.25, 0.3) is 22.4 Å². The second-order valence-corrected chi connectivity index (χ2v) is 14.5. The fraction of sp³-hybridized carbons (Fsp3) is 0.538.